The Hall–Kier alpha value is -2.70. The van der Waals surface area contributed by atoms with Gasteiger partial charge in [0.15, 0.2) is 5.82 Å². The molecule has 2 atom stereocenters. The molecule has 1 aliphatic heterocycles. The fourth-order valence-electron chi connectivity index (χ4n) is 3.98. The summed E-state index contributed by atoms with van der Waals surface area (Å²) in [6, 6.07) is 3.77. The van der Waals surface area contributed by atoms with Crippen LogP contribution in [0.4, 0.5) is 19.1 Å². The molecule has 0 spiro atoms. The van der Waals surface area contributed by atoms with Gasteiger partial charge in [0.25, 0.3) is 0 Å². The standard InChI is InChI=1S/C20H20F3N5O3S/c21-12-2-1-3-13(22)19(12)16-8-14(23)17-9-24-20(26-28(16)17)25-15-6-7-27(10-18(15)29)32(30,31)11-4-5-11/h1-3,8-9,11,15,18,29H,4-7,10H2,(H,25,26)/t15-,18-/m1/s1. The third-order valence-corrected chi connectivity index (χ3v) is 8.22. The van der Waals surface area contributed by atoms with Gasteiger partial charge in [0.05, 0.1) is 34.8 Å². The minimum atomic E-state index is -3.39. The molecule has 0 bridgehead atoms. The van der Waals surface area contributed by atoms with Crippen LogP contribution < -0.4 is 5.32 Å². The lowest BCUT2D eigenvalue weighted by Gasteiger charge is -2.35. The SMILES string of the molecule is O=S(=O)(C1CC1)N1CC[C@@H](Nc2ncc3c(F)cc(-c4c(F)cccc4F)n3n2)[C@H](O)C1. The number of anilines is 1. The van der Waals surface area contributed by atoms with Gasteiger partial charge in [-0.3, -0.25) is 0 Å². The van der Waals surface area contributed by atoms with Gasteiger partial charge in [-0.15, -0.1) is 5.10 Å². The van der Waals surface area contributed by atoms with Gasteiger partial charge in [-0.25, -0.2) is 31.1 Å². The first kappa shape index (κ1) is 21.2. The van der Waals surface area contributed by atoms with Crippen molar-refractivity contribution in [3.63, 3.8) is 0 Å². The normalized spacial score (nSPS) is 22.4. The Morgan fingerprint density at radius 2 is 1.81 bits per heavy atom. The van der Waals surface area contributed by atoms with Crippen LogP contribution in [0.25, 0.3) is 16.8 Å². The van der Waals surface area contributed by atoms with Gasteiger partial charge in [-0.2, -0.15) is 4.31 Å². The molecule has 2 aromatic heterocycles. The average Bonchev–Trinajstić information content (AvgIpc) is 3.56. The quantitative estimate of drug-likeness (QED) is 0.597. The number of sulfonamides is 1. The Morgan fingerprint density at radius 1 is 1.09 bits per heavy atom. The zero-order valence-electron chi connectivity index (χ0n) is 16.7. The van der Waals surface area contributed by atoms with E-state index in [2.05, 4.69) is 15.4 Å². The van der Waals surface area contributed by atoms with Gasteiger partial charge < -0.3 is 10.4 Å². The Bertz CT molecular complexity index is 1270. The number of hydrogen-bond donors (Lipinski definition) is 2. The second-order valence-electron chi connectivity index (χ2n) is 8.06. The number of nitrogens with one attached hydrogen (secondary N) is 1. The lowest BCUT2D eigenvalue weighted by atomic mass is 10.0. The molecule has 12 heteroatoms. The van der Waals surface area contributed by atoms with Crippen LogP contribution in [-0.4, -0.2) is 62.9 Å². The molecule has 1 aliphatic carbocycles. The number of rotatable bonds is 5. The van der Waals surface area contributed by atoms with Gasteiger partial charge in [-0.1, -0.05) is 6.07 Å². The van der Waals surface area contributed by atoms with Gasteiger partial charge in [0, 0.05) is 19.2 Å². The highest BCUT2D eigenvalue weighted by molar-refractivity contribution is 7.90. The minimum absolute atomic E-state index is 0.00801. The molecule has 1 saturated heterocycles. The Kier molecular flexibility index (Phi) is 5.10. The molecular formula is C20H20F3N5O3S. The maximum absolute atomic E-state index is 14.4. The van der Waals surface area contributed by atoms with Crippen molar-refractivity contribution in [1.29, 1.82) is 0 Å². The molecule has 0 radical (unpaired) electrons. The lowest BCUT2D eigenvalue weighted by Crippen LogP contribution is -2.52. The van der Waals surface area contributed by atoms with Crippen LogP contribution in [0.3, 0.4) is 0 Å². The number of benzene rings is 1. The molecule has 1 aromatic carbocycles. The zero-order chi connectivity index (χ0) is 22.6. The Morgan fingerprint density at radius 3 is 2.47 bits per heavy atom. The molecule has 170 valence electrons. The van der Waals surface area contributed by atoms with Crippen LogP contribution in [0.5, 0.6) is 0 Å². The summed E-state index contributed by atoms with van der Waals surface area (Å²) in [5.41, 5.74) is -0.613. The number of β-amino-alcohol motifs (C(OH)–C–C–N with tert-alkyl or cyclic N) is 1. The van der Waals surface area contributed by atoms with Crippen molar-refractivity contribution in [2.45, 2.75) is 36.7 Å². The number of piperidine rings is 1. The number of aromatic nitrogens is 3. The summed E-state index contributed by atoms with van der Waals surface area (Å²) in [6.07, 6.45) is 1.75. The molecule has 2 fully saturated rings. The van der Waals surface area contributed by atoms with E-state index in [1.165, 1.54) is 16.6 Å². The predicted molar refractivity (Wildman–Crippen MR) is 110 cm³/mol. The monoisotopic (exact) mass is 467 g/mol. The number of aliphatic hydroxyl groups excluding tert-OH is 1. The lowest BCUT2D eigenvalue weighted by molar-refractivity contribution is 0.0946. The summed E-state index contributed by atoms with van der Waals surface area (Å²) in [7, 11) is -3.39. The fourth-order valence-corrected chi connectivity index (χ4v) is 5.86. The third kappa shape index (κ3) is 3.61. The third-order valence-electron chi connectivity index (χ3n) is 5.85. The first-order chi connectivity index (χ1) is 15.3. The van der Waals surface area contributed by atoms with Crippen LogP contribution in [0.2, 0.25) is 0 Å². The number of aliphatic hydroxyl groups is 1. The summed E-state index contributed by atoms with van der Waals surface area (Å²) in [4.78, 5) is 4.04. The highest BCUT2D eigenvalue weighted by Gasteiger charge is 2.43. The largest absolute Gasteiger partial charge is 0.390 e. The smallest absolute Gasteiger partial charge is 0.241 e. The van der Waals surface area contributed by atoms with Crippen molar-refractivity contribution >= 4 is 21.5 Å². The highest BCUT2D eigenvalue weighted by Crippen LogP contribution is 2.33. The van der Waals surface area contributed by atoms with E-state index in [0.717, 1.165) is 22.7 Å². The second kappa shape index (κ2) is 7.71. The van der Waals surface area contributed by atoms with Crippen LogP contribution in [-0.2, 0) is 10.0 Å². The Labute approximate surface area is 181 Å². The van der Waals surface area contributed by atoms with Gasteiger partial charge in [-0.05, 0) is 31.4 Å². The van der Waals surface area contributed by atoms with Crippen LogP contribution in [0.15, 0.2) is 30.5 Å². The predicted octanol–water partition coefficient (Wildman–Crippen LogP) is 2.15. The van der Waals surface area contributed by atoms with Crippen LogP contribution in [0.1, 0.15) is 19.3 Å². The molecule has 5 rings (SSSR count). The number of hydrogen-bond acceptors (Lipinski definition) is 6. The van der Waals surface area contributed by atoms with E-state index < -0.39 is 45.2 Å². The van der Waals surface area contributed by atoms with Crippen molar-refractivity contribution in [2.75, 3.05) is 18.4 Å². The molecule has 3 heterocycles. The van der Waals surface area contributed by atoms with Crippen molar-refractivity contribution in [1.82, 2.24) is 18.9 Å². The molecule has 2 aliphatic rings. The summed E-state index contributed by atoms with van der Waals surface area (Å²) in [6.45, 7) is 0.183. The van der Waals surface area contributed by atoms with E-state index in [4.69, 9.17) is 0 Å². The maximum atomic E-state index is 14.4. The van der Waals surface area contributed by atoms with Crippen molar-refractivity contribution in [3.05, 3.63) is 47.9 Å². The summed E-state index contributed by atoms with van der Waals surface area (Å²) in [5.74, 6) is -2.46. The van der Waals surface area contributed by atoms with Crippen LogP contribution >= 0.6 is 0 Å². The molecule has 0 amide bonds. The molecule has 3 aromatic rings. The first-order valence-electron chi connectivity index (χ1n) is 10.2. The van der Waals surface area contributed by atoms with Crippen molar-refractivity contribution in [3.8, 4) is 11.3 Å². The summed E-state index contributed by atoms with van der Waals surface area (Å²) in [5, 5.41) is 17.2. The van der Waals surface area contributed by atoms with E-state index in [9.17, 15) is 26.7 Å². The van der Waals surface area contributed by atoms with E-state index in [1.54, 1.807) is 0 Å². The molecule has 0 unspecified atom stereocenters. The van der Waals surface area contributed by atoms with Gasteiger partial charge in [0.1, 0.15) is 17.2 Å². The maximum Gasteiger partial charge on any atom is 0.241 e. The minimum Gasteiger partial charge on any atom is -0.390 e. The zero-order valence-corrected chi connectivity index (χ0v) is 17.6. The topological polar surface area (TPSA) is 99.8 Å². The number of fused-ring (bicyclic) bond motifs is 1. The Balaban J connectivity index is 1.41. The summed E-state index contributed by atoms with van der Waals surface area (Å²) < 4.78 is 70.1. The fraction of sp³-hybridized carbons (Fsp3) is 0.400. The van der Waals surface area contributed by atoms with Crippen LogP contribution in [0, 0.1) is 17.5 Å². The van der Waals surface area contributed by atoms with Crippen molar-refractivity contribution < 1.29 is 26.7 Å². The van der Waals surface area contributed by atoms with E-state index in [1.807, 2.05) is 0 Å². The number of halogens is 3. The molecule has 8 nitrogen and oxygen atoms in total. The molecular weight excluding hydrogens is 447 g/mol. The van der Waals surface area contributed by atoms with E-state index in [-0.39, 0.29) is 35.5 Å². The average molecular weight is 467 g/mol. The summed E-state index contributed by atoms with van der Waals surface area (Å²) >= 11 is 0. The molecule has 32 heavy (non-hydrogen) atoms. The van der Waals surface area contributed by atoms with Gasteiger partial charge in [0.2, 0.25) is 16.0 Å². The van der Waals surface area contributed by atoms with Crippen molar-refractivity contribution in [2.24, 2.45) is 0 Å². The van der Waals surface area contributed by atoms with E-state index >= 15 is 0 Å². The molecule has 2 N–H and O–H groups in total. The highest BCUT2D eigenvalue weighted by atomic mass is 32.2. The van der Waals surface area contributed by atoms with E-state index in [0.29, 0.717) is 19.3 Å². The van der Waals surface area contributed by atoms with Gasteiger partial charge >= 0.3 is 0 Å². The first-order valence-corrected chi connectivity index (χ1v) is 11.7. The number of nitrogens with zero attached hydrogens (tertiary/aromatic N) is 4. The second-order valence-corrected chi connectivity index (χ2v) is 10.3. The molecule has 1 saturated carbocycles.